The van der Waals surface area contributed by atoms with Gasteiger partial charge in [-0.15, -0.1) is 0 Å². The summed E-state index contributed by atoms with van der Waals surface area (Å²) in [5.74, 6) is 0.185. The van der Waals surface area contributed by atoms with Gasteiger partial charge in [-0.1, -0.05) is 29.8 Å². The van der Waals surface area contributed by atoms with E-state index in [1.807, 2.05) is 18.2 Å². The highest BCUT2D eigenvalue weighted by atomic mass is 35.5. The van der Waals surface area contributed by atoms with Crippen molar-refractivity contribution in [1.29, 1.82) is 0 Å². The van der Waals surface area contributed by atoms with Crippen molar-refractivity contribution in [3.8, 4) is 5.75 Å². The van der Waals surface area contributed by atoms with E-state index < -0.39 is 15.9 Å². The highest BCUT2D eigenvalue weighted by Gasteiger charge is 2.20. The molecule has 1 amide bonds. The van der Waals surface area contributed by atoms with Crippen molar-refractivity contribution in [3.05, 3.63) is 58.6 Å². The number of benzene rings is 2. The van der Waals surface area contributed by atoms with Gasteiger partial charge in [-0.3, -0.25) is 4.79 Å². The van der Waals surface area contributed by atoms with E-state index in [2.05, 4.69) is 5.32 Å². The number of nitrogens with zero attached hydrogens (tertiary/aromatic N) is 1. The predicted molar refractivity (Wildman–Crippen MR) is 96.5 cm³/mol. The second kappa shape index (κ2) is 7.86. The number of methoxy groups -OCH3 is 1. The minimum absolute atomic E-state index is 0.00402. The molecule has 0 fully saturated rings. The van der Waals surface area contributed by atoms with Crippen LogP contribution in [-0.4, -0.2) is 39.8 Å². The summed E-state index contributed by atoms with van der Waals surface area (Å²) in [6.07, 6.45) is 0. The fourth-order valence-electron chi connectivity index (χ4n) is 2.17. The summed E-state index contributed by atoms with van der Waals surface area (Å²) in [5.41, 5.74) is 0.894. The molecule has 0 saturated heterocycles. The molecule has 6 nitrogen and oxygen atoms in total. The fraction of sp³-hybridized carbons (Fsp3) is 0.235. The van der Waals surface area contributed by atoms with Gasteiger partial charge in [-0.2, -0.15) is 0 Å². The van der Waals surface area contributed by atoms with Gasteiger partial charge in [0.05, 0.1) is 22.6 Å². The van der Waals surface area contributed by atoms with Crippen molar-refractivity contribution in [3.63, 3.8) is 0 Å². The molecule has 0 aliphatic rings. The largest absolute Gasteiger partial charge is 0.496 e. The van der Waals surface area contributed by atoms with Crippen LogP contribution in [0.25, 0.3) is 0 Å². The molecular weight excluding hydrogens is 364 g/mol. The van der Waals surface area contributed by atoms with E-state index in [4.69, 9.17) is 16.3 Å². The van der Waals surface area contributed by atoms with Crippen molar-refractivity contribution >= 4 is 27.5 Å². The SMILES string of the molecule is COc1ccccc1CNC(=O)c1cc(S(=O)(=O)N(C)C)ccc1Cl. The average Bonchev–Trinajstić information content (AvgIpc) is 2.59. The Kier molecular flexibility index (Phi) is 6.05. The summed E-state index contributed by atoms with van der Waals surface area (Å²) in [7, 11) is 0.740. The number of nitrogens with one attached hydrogen (secondary N) is 1. The number of halogens is 1. The zero-order valence-corrected chi connectivity index (χ0v) is 15.7. The lowest BCUT2D eigenvalue weighted by Gasteiger charge is -2.14. The summed E-state index contributed by atoms with van der Waals surface area (Å²) in [5, 5.41) is 2.90. The second-order valence-corrected chi connectivity index (χ2v) is 7.98. The Bertz CT molecular complexity index is 882. The molecule has 0 bridgehead atoms. The number of ether oxygens (including phenoxy) is 1. The van der Waals surface area contributed by atoms with E-state index in [1.165, 1.54) is 32.3 Å². The van der Waals surface area contributed by atoms with E-state index in [0.29, 0.717) is 5.75 Å². The Morgan fingerprint density at radius 3 is 2.52 bits per heavy atom. The lowest BCUT2D eigenvalue weighted by atomic mass is 10.1. The van der Waals surface area contributed by atoms with Gasteiger partial charge in [0.15, 0.2) is 0 Å². The molecule has 25 heavy (non-hydrogen) atoms. The average molecular weight is 383 g/mol. The Balaban J connectivity index is 2.25. The van der Waals surface area contributed by atoms with Crippen LogP contribution in [0.5, 0.6) is 5.75 Å². The molecule has 0 saturated carbocycles. The van der Waals surface area contributed by atoms with Gasteiger partial charge in [0.1, 0.15) is 5.75 Å². The highest BCUT2D eigenvalue weighted by molar-refractivity contribution is 7.89. The zero-order valence-electron chi connectivity index (χ0n) is 14.1. The van der Waals surface area contributed by atoms with Gasteiger partial charge < -0.3 is 10.1 Å². The van der Waals surface area contributed by atoms with E-state index >= 15 is 0 Å². The molecule has 8 heteroatoms. The van der Waals surface area contributed by atoms with Crippen LogP contribution in [-0.2, 0) is 16.6 Å². The summed E-state index contributed by atoms with van der Waals surface area (Å²) in [4.78, 5) is 12.4. The number of hydrogen-bond donors (Lipinski definition) is 1. The van der Waals surface area contributed by atoms with Crippen LogP contribution < -0.4 is 10.1 Å². The van der Waals surface area contributed by atoms with Gasteiger partial charge in [0.2, 0.25) is 10.0 Å². The molecular formula is C17H19ClN2O4S. The molecule has 2 aromatic carbocycles. The standard InChI is InChI=1S/C17H19ClN2O4S/c1-20(2)25(22,23)13-8-9-15(18)14(10-13)17(21)19-11-12-6-4-5-7-16(12)24-3/h4-10H,11H2,1-3H3,(H,19,21). The number of rotatable bonds is 6. The van der Waals surface area contributed by atoms with E-state index in [1.54, 1.807) is 13.2 Å². The maximum Gasteiger partial charge on any atom is 0.253 e. The first kappa shape index (κ1) is 19.2. The predicted octanol–water partition coefficient (Wildman–Crippen LogP) is 2.53. The number of para-hydroxylation sites is 1. The number of amides is 1. The van der Waals surface area contributed by atoms with Gasteiger partial charge in [-0.25, -0.2) is 12.7 Å². The molecule has 0 aliphatic heterocycles. The molecule has 0 aromatic heterocycles. The van der Waals surface area contributed by atoms with E-state index in [9.17, 15) is 13.2 Å². The van der Waals surface area contributed by atoms with Crippen LogP contribution >= 0.6 is 11.6 Å². The quantitative estimate of drug-likeness (QED) is 0.833. The first-order valence-corrected chi connectivity index (χ1v) is 9.21. The molecule has 0 aliphatic carbocycles. The highest BCUT2D eigenvalue weighted by Crippen LogP contribution is 2.23. The van der Waals surface area contributed by atoms with Crippen LogP contribution in [0, 0.1) is 0 Å². The normalized spacial score (nSPS) is 11.4. The minimum atomic E-state index is -3.65. The molecule has 1 N–H and O–H groups in total. The van der Waals surface area contributed by atoms with Crippen molar-refractivity contribution in [2.45, 2.75) is 11.4 Å². The first-order valence-electron chi connectivity index (χ1n) is 7.39. The molecule has 0 unspecified atom stereocenters. The van der Waals surface area contributed by atoms with E-state index in [0.717, 1.165) is 9.87 Å². The maximum atomic E-state index is 12.4. The van der Waals surface area contributed by atoms with Gasteiger partial charge in [-0.05, 0) is 24.3 Å². The third-order valence-corrected chi connectivity index (χ3v) is 5.73. The third kappa shape index (κ3) is 4.31. The molecule has 0 spiro atoms. The summed E-state index contributed by atoms with van der Waals surface area (Å²) in [6.45, 7) is 0.226. The van der Waals surface area contributed by atoms with Crippen molar-refractivity contribution < 1.29 is 17.9 Å². The number of carbonyl (C=O) groups excluding carboxylic acids is 1. The Morgan fingerprint density at radius 2 is 1.88 bits per heavy atom. The lowest BCUT2D eigenvalue weighted by molar-refractivity contribution is 0.0950. The Labute approximate surface area is 152 Å². The third-order valence-electron chi connectivity index (χ3n) is 3.59. The number of carbonyl (C=O) groups is 1. The van der Waals surface area contributed by atoms with Gasteiger partial charge in [0, 0.05) is 26.2 Å². The molecule has 2 rings (SSSR count). The lowest BCUT2D eigenvalue weighted by Crippen LogP contribution is -2.25. The Hall–Kier alpha value is -2.09. The van der Waals surface area contributed by atoms with Gasteiger partial charge >= 0.3 is 0 Å². The van der Waals surface area contributed by atoms with Crippen LogP contribution in [0.2, 0.25) is 5.02 Å². The monoisotopic (exact) mass is 382 g/mol. The van der Waals surface area contributed by atoms with Crippen LogP contribution in [0.4, 0.5) is 0 Å². The second-order valence-electron chi connectivity index (χ2n) is 5.42. The molecule has 0 atom stereocenters. The topological polar surface area (TPSA) is 75.7 Å². The Morgan fingerprint density at radius 1 is 1.20 bits per heavy atom. The van der Waals surface area contributed by atoms with Crippen molar-refractivity contribution in [1.82, 2.24) is 9.62 Å². The minimum Gasteiger partial charge on any atom is -0.496 e. The molecule has 0 heterocycles. The smallest absolute Gasteiger partial charge is 0.253 e. The summed E-state index contributed by atoms with van der Waals surface area (Å²) < 4.78 is 30.7. The maximum absolute atomic E-state index is 12.4. The molecule has 2 aromatic rings. The van der Waals surface area contributed by atoms with Crippen LogP contribution in [0.15, 0.2) is 47.4 Å². The van der Waals surface area contributed by atoms with E-state index in [-0.39, 0.29) is 22.0 Å². The first-order chi connectivity index (χ1) is 11.8. The molecule has 134 valence electrons. The van der Waals surface area contributed by atoms with Crippen LogP contribution in [0.3, 0.4) is 0 Å². The summed E-state index contributed by atoms with van der Waals surface area (Å²) >= 11 is 6.07. The number of hydrogen-bond acceptors (Lipinski definition) is 4. The van der Waals surface area contributed by atoms with Gasteiger partial charge in [0.25, 0.3) is 5.91 Å². The molecule has 0 radical (unpaired) electrons. The van der Waals surface area contributed by atoms with Crippen molar-refractivity contribution in [2.24, 2.45) is 0 Å². The zero-order chi connectivity index (χ0) is 18.6. The number of sulfonamides is 1. The van der Waals surface area contributed by atoms with Crippen molar-refractivity contribution in [2.75, 3.05) is 21.2 Å². The fourth-order valence-corrected chi connectivity index (χ4v) is 3.30. The summed E-state index contributed by atoms with van der Waals surface area (Å²) in [6, 6.07) is 11.3. The van der Waals surface area contributed by atoms with Crippen LogP contribution in [0.1, 0.15) is 15.9 Å².